The predicted octanol–water partition coefficient (Wildman–Crippen LogP) is 4.08. The molecule has 32 heavy (non-hydrogen) atoms. The molecule has 8 nitrogen and oxygen atoms in total. The number of nitrogens with zero attached hydrogens (tertiary/aromatic N) is 4. The van der Waals surface area contributed by atoms with Crippen LogP contribution in [0, 0.1) is 17.8 Å². The lowest BCUT2D eigenvalue weighted by Crippen LogP contribution is -2.45. The first-order valence-corrected chi connectivity index (χ1v) is 12.3. The second-order valence-corrected chi connectivity index (χ2v) is 9.93. The van der Waals surface area contributed by atoms with Crippen LogP contribution in [0.25, 0.3) is 0 Å². The van der Waals surface area contributed by atoms with Crippen LogP contribution in [0.4, 0.5) is 16.6 Å². The van der Waals surface area contributed by atoms with Crippen molar-refractivity contribution in [2.45, 2.75) is 77.8 Å². The minimum Gasteiger partial charge on any atom is -0.447 e. The van der Waals surface area contributed by atoms with Crippen molar-refractivity contribution < 1.29 is 14.3 Å². The van der Waals surface area contributed by atoms with Gasteiger partial charge in [-0.25, -0.2) is 9.78 Å². The molecule has 1 unspecified atom stereocenters. The number of nitrogens with one attached hydrogen (secondary N) is 1. The fourth-order valence-electron chi connectivity index (χ4n) is 5.29. The van der Waals surface area contributed by atoms with Crippen LogP contribution in [0.2, 0.25) is 0 Å². The SMILES string of the molecule is CC(C)C1COC(=O)N1c1ccnc(N[C@@H](C)C2CCN(C(=O)C3CCCCC3)CC2)n1. The van der Waals surface area contributed by atoms with Gasteiger partial charge in [-0.05, 0) is 50.5 Å². The van der Waals surface area contributed by atoms with Crippen LogP contribution in [0.1, 0.15) is 65.7 Å². The monoisotopic (exact) mass is 443 g/mol. The van der Waals surface area contributed by atoms with E-state index in [9.17, 15) is 9.59 Å². The molecule has 1 aromatic rings. The van der Waals surface area contributed by atoms with Crippen LogP contribution in [0.15, 0.2) is 12.3 Å². The minimum atomic E-state index is -0.351. The minimum absolute atomic E-state index is 0.0197. The van der Waals surface area contributed by atoms with Crippen LogP contribution < -0.4 is 10.2 Å². The van der Waals surface area contributed by atoms with Gasteiger partial charge in [0.15, 0.2) is 0 Å². The lowest BCUT2D eigenvalue weighted by molar-refractivity contribution is -0.138. The van der Waals surface area contributed by atoms with Crippen LogP contribution in [-0.4, -0.2) is 58.6 Å². The summed E-state index contributed by atoms with van der Waals surface area (Å²) < 4.78 is 5.26. The highest BCUT2D eigenvalue weighted by Gasteiger charge is 2.37. The van der Waals surface area contributed by atoms with Crippen LogP contribution >= 0.6 is 0 Å². The van der Waals surface area contributed by atoms with Crippen molar-refractivity contribution >= 4 is 23.8 Å². The third-order valence-electron chi connectivity index (χ3n) is 7.43. The molecule has 3 fully saturated rings. The summed E-state index contributed by atoms with van der Waals surface area (Å²) in [7, 11) is 0. The summed E-state index contributed by atoms with van der Waals surface area (Å²) in [4.78, 5) is 37.8. The van der Waals surface area contributed by atoms with Crippen molar-refractivity contribution in [3.63, 3.8) is 0 Å². The Balaban J connectivity index is 1.33. The Bertz CT molecular complexity index is 803. The summed E-state index contributed by atoms with van der Waals surface area (Å²) in [5, 5.41) is 3.44. The molecular weight excluding hydrogens is 406 g/mol. The smallest absolute Gasteiger partial charge is 0.415 e. The number of likely N-dealkylation sites (tertiary alicyclic amines) is 1. The fourth-order valence-corrected chi connectivity index (χ4v) is 5.29. The first kappa shape index (κ1) is 22.8. The van der Waals surface area contributed by atoms with E-state index >= 15 is 0 Å². The lowest BCUT2D eigenvalue weighted by Gasteiger charge is -2.37. The van der Waals surface area contributed by atoms with Gasteiger partial charge >= 0.3 is 6.09 Å². The molecule has 3 aliphatic rings. The van der Waals surface area contributed by atoms with Crippen molar-refractivity contribution in [3.8, 4) is 0 Å². The summed E-state index contributed by atoms with van der Waals surface area (Å²) in [6, 6.07) is 1.92. The molecule has 176 valence electrons. The molecule has 8 heteroatoms. The van der Waals surface area contributed by atoms with Gasteiger partial charge in [0.2, 0.25) is 11.9 Å². The number of anilines is 2. The largest absolute Gasteiger partial charge is 0.447 e. The Labute approximate surface area is 191 Å². The van der Waals surface area contributed by atoms with E-state index in [0.29, 0.717) is 30.2 Å². The third-order valence-corrected chi connectivity index (χ3v) is 7.43. The molecule has 3 heterocycles. The molecule has 2 aliphatic heterocycles. The average molecular weight is 444 g/mol. The van der Waals surface area contributed by atoms with E-state index in [1.165, 1.54) is 19.3 Å². The van der Waals surface area contributed by atoms with Crippen LogP contribution in [0.5, 0.6) is 0 Å². The second-order valence-electron chi connectivity index (χ2n) is 9.93. The van der Waals surface area contributed by atoms with Gasteiger partial charge in [0.25, 0.3) is 0 Å². The zero-order valence-electron chi connectivity index (χ0n) is 19.6. The van der Waals surface area contributed by atoms with Gasteiger partial charge in [-0.15, -0.1) is 0 Å². The van der Waals surface area contributed by atoms with Gasteiger partial charge in [0, 0.05) is 31.2 Å². The van der Waals surface area contributed by atoms with Gasteiger partial charge in [0.05, 0.1) is 6.04 Å². The first-order valence-electron chi connectivity index (χ1n) is 12.3. The molecule has 0 bridgehead atoms. The summed E-state index contributed by atoms with van der Waals surface area (Å²) in [5.74, 6) is 2.45. The summed E-state index contributed by atoms with van der Waals surface area (Å²) in [6.45, 7) is 8.37. The number of hydrogen-bond donors (Lipinski definition) is 1. The van der Waals surface area contributed by atoms with Crippen molar-refractivity contribution in [2.24, 2.45) is 17.8 Å². The maximum absolute atomic E-state index is 12.8. The Morgan fingerprint density at radius 3 is 2.53 bits per heavy atom. The predicted molar refractivity (Wildman–Crippen MR) is 123 cm³/mol. The molecule has 2 atom stereocenters. The molecule has 0 spiro atoms. The summed E-state index contributed by atoms with van der Waals surface area (Å²) in [6.07, 6.45) is 9.09. The highest BCUT2D eigenvalue weighted by molar-refractivity contribution is 5.89. The van der Waals surface area contributed by atoms with Crippen molar-refractivity contribution in [3.05, 3.63) is 12.3 Å². The van der Waals surface area contributed by atoms with E-state index < -0.39 is 0 Å². The Morgan fingerprint density at radius 2 is 1.84 bits per heavy atom. The van der Waals surface area contributed by atoms with Crippen molar-refractivity contribution in [1.82, 2.24) is 14.9 Å². The first-order chi connectivity index (χ1) is 15.4. The molecule has 1 saturated carbocycles. The zero-order chi connectivity index (χ0) is 22.7. The summed E-state index contributed by atoms with van der Waals surface area (Å²) >= 11 is 0. The third kappa shape index (κ3) is 4.99. The fraction of sp³-hybridized carbons (Fsp3) is 0.750. The number of carbonyl (C=O) groups is 2. The highest BCUT2D eigenvalue weighted by atomic mass is 16.6. The molecular formula is C24H37N5O3. The van der Waals surface area contributed by atoms with Gasteiger partial charge < -0.3 is 15.0 Å². The number of piperidine rings is 1. The van der Waals surface area contributed by atoms with E-state index in [1.807, 2.05) is 0 Å². The van der Waals surface area contributed by atoms with E-state index in [1.54, 1.807) is 17.2 Å². The zero-order valence-corrected chi connectivity index (χ0v) is 19.6. The van der Waals surface area contributed by atoms with Gasteiger partial charge in [-0.2, -0.15) is 4.98 Å². The normalized spacial score (nSPS) is 24.0. The number of carbonyl (C=O) groups excluding carboxylic acids is 2. The molecule has 1 aliphatic carbocycles. The highest BCUT2D eigenvalue weighted by Crippen LogP contribution is 2.30. The lowest BCUT2D eigenvalue weighted by atomic mass is 9.86. The number of amides is 2. The second kappa shape index (κ2) is 10.0. The Hall–Kier alpha value is -2.38. The van der Waals surface area contributed by atoms with Gasteiger partial charge in [-0.3, -0.25) is 9.69 Å². The number of ether oxygens (including phenoxy) is 1. The Kier molecular flexibility index (Phi) is 7.16. The molecule has 2 amide bonds. The maximum atomic E-state index is 12.8. The molecule has 1 aromatic heterocycles. The number of cyclic esters (lactones) is 1. The van der Waals surface area contributed by atoms with E-state index in [4.69, 9.17) is 4.74 Å². The molecule has 0 radical (unpaired) electrons. The average Bonchev–Trinajstić information content (AvgIpc) is 3.21. The standard InChI is InChI=1S/C24H37N5O3/c1-16(2)20-15-32-24(31)29(20)21-9-12-25-23(27-21)26-17(3)18-10-13-28(14-11-18)22(30)19-7-5-4-6-8-19/h9,12,16-20H,4-8,10-11,13-15H2,1-3H3,(H,25,26,27)/t17-,20?/m0/s1. The number of rotatable bonds is 6. The van der Waals surface area contributed by atoms with Crippen molar-refractivity contribution in [1.29, 1.82) is 0 Å². The number of hydrogen-bond acceptors (Lipinski definition) is 6. The summed E-state index contributed by atoms with van der Waals surface area (Å²) in [5.41, 5.74) is 0. The van der Waals surface area contributed by atoms with Crippen LogP contribution in [0.3, 0.4) is 0 Å². The quantitative estimate of drug-likeness (QED) is 0.713. The molecule has 4 rings (SSSR count). The van der Waals surface area contributed by atoms with Crippen molar-refractivity contribution in [2.75, 3.05) is 29.9 Å². The van der Waals surface area contributed by atoms with E-state index in [2.05, 4.69) is 41.0 Å². The van der Waals surface area contributed by atoms with Gasteiger partial charge in [0.1, 0.15) is 12.4 Å². The maximum Gasteiger partial charge on any atom is 0.415 e. The number of aromatic nitrogens is 2. The van der Waals surface area contributed by atoms with Crippen LogP contribution in [-0.2, 0) is 9.53 Å². The Morgan fingerprint density at radius 1 is 1.12 bits per heavy atom. The van der Waals surface area contributed by atoms with E-state index in [0.717, 1.165) is 38.8 Å². The van der Waals surface area contributed by atoms with Gasteiger partial charge in [-0.1, -0.05) is 33.1 Å². The molecule has 0 aromatic carbocycles. The van der Waals surface area contributed by atoms with E-state index in [-0.39, 0.29) is 30.0 Å². The molecule has 1 N–H and O–H groups in total. The topological polar surface area (TPSA) is 87.7 Å². The molecule has 2 saturated heterocycles.